The number of rotatable bonds is 0. The second-order valence-electron chi connectivity index (χ2n) is 5.14. The zero-order chi connectivity index (χ0) is 7.99. The molecule has 0 aromatic rings. The largest absolute Gasteiger partial charge is 0.327 e. The highest BCUT2D eigenvalue weighted by Gasteiger charge is 2.42. The standard InChI is InChI=1S/C9H19N/c1-8(2)5-7(10)9(3,4)6-8/h7H,5-6,10H2,1-4H3. The Balaban J connectivity index is 2.71. The average Bonchev–Trinajstić information content (AvgIpc) is 1.73. The number of hydrogen-bond acceptors (Lipinski definition) is 1. The van der Waals surface area contributed by atoms with Crippen LogP contribution in [0.1, 0.15) is 40.5 Å². The smallest absolute Gasteiger partial charge is 0.00955 e. The molecule has 0 amide bonds. The third-order valence-corrected chi connectivity index (χ3v) is 2.71. The van der Waals surface area contributed by atoms with E-state index in [-0.39, 0.29) is 0 Å². The van der Waals surface area contributed by atoms with Crippen LogP contribution in [0.15, 0.2) is 0 Å². The lowest BCUT2D eigenvalue weighted by Gasteiger charge is -2.23. The van der Waals surface area contributed by atoms with Crippen molar-refractivity contribution in [3.8, 4) is 0 Å². The van der Waals surface area contributed by atoms with E-state index in [1.54, 1.807) is 0 Å². The SMILES string of the molecule is CC1(C)CC(N)C(C)(C)C1. The van der Waals surface area contributed by atoms with Crippen molar-refractivity contribution in [3.63, 3.8) is 0 Å². The Kier molecular flexibility index (Phi) is 1.59. The van der Waals surface area contributed by atoms with E-state index in [4.69, 9.17) is 5.73 Å². The van der Waals surface area contributed by atoms with Gasteiger partial charge >= 0.3 is 0 Å². The van der Waals surface area contributed by atoms with Crippen LogP contribution in [0.3, 0.4) is 0 Å². The van der Waals surface area contributed by atoms with Crippen LogP contribution in [0.4, 0.5) is 0 Å². The Labute approximate surface area is 64.0 Å². The Morgan fingerprint density at radius 3 is 1.80 bits per heavy atom. The maximum atomic E-state index is 5.99. The van der Waals surface area contributed by atoms with Gasteiger partial charge in [0.05, 0.1) is 0 Å². The molecule has 0 heterocycles. The molecule has 0 aromatic heterocycles. The Bertz CT molecular complexity index is 136. The Morgan fingerprint density at radius 1 is 1.20 bits per heavy atom. The van der Waals surface area contributed by atoms with Crippen molar-refractivity contribution in [3.05, 3.63) is 0 Å². The summed E-state index contributed by atoms with van der Waals surface area (Å²) in [6.45, 7) is 9.15. The van der Waals surface area contributed by atoms with E-state index in [0.717, 1.165) is 0 Å². The van der Waals surface area contributed by atoms with E-state index in [1.807, 2.05) is 0 Å². The van der Waals surface area contributed by atoms with Gasteiger partial charge < -0.3 is 5.73 Å². The van der Waals surface area contributed by atoms with Crippen molar-refractivity contribution in [2.24, 2.45) is 16.6 Å². The zero-order valence-corrected chi connectivity index (χ0v) is 7.57. The highest BCUT2D eigenvalue weighted by Crippen LogP contribution is 2.47. The van der Waals surface area contributed by atoms with Crippen molar-refractivity contribution < 1.29 is 0 Å². The Morgan fingerprint density at radius 2 is 1.70 bits per heavy atom. The molecule has 0 aromatic carbocycles. The molecular formula is C9H19N. The van der Waals surface area contributed by atoms with Gasteiger partial charge in [-0.1, -0.05) is 27.7 Å². The normalized spacial score (nSPS) is 36.3. The van der Waals surface area contributed by atoms with E-state index in [0.29, 0.717) is 16.9 Å². The zero-order valence-electron chi connectivity index (χ0n) is 7.57. The first-order chi connectivity index (χ1) is 4.33. The van der Waals surface area contributed by atoms with E-state index >= 15 is 0 Å². The lowest BCUT2D eigenvalue weighted by molar-refractivity contribution is 0.293. The van der Waals surface area contributed by atoms with Crippen molar-refractivity contribution in [1.29, 1.82) is 0 Å². The van der Waals surface area contributed by atoms with Crippen LogP contribution < -0.4 is 5.73 Å². The van der Waals surface area contributed by atoms with Crippen LogP contribution in [0.25, 0.3) is 0 Å². The molecule has 1 fully saturated rings. The van der Waals surface area contributed by atoms with Gasteiger partial charge in [0.15, 0.2) is 0 Å². The molecule has 1 aliphatic rings. The highest BCUT2D eigenvalue weighted by molar-refractivity contribution is 4.96. The van der Waals surface area contributed by atoms with E-state index in [9.17, 15) is 0 Å². The molecular weight excluding hydrogens is 122 g/mol. The van der Waals surface area contributed by atoms with Crippen LogP contribution in [-0.4, -0.2) is 6.04 Å². The first kappa shape index (κ1) is 8.06. The van der Waals surface area contributed by atoms with Gasteiger partial charge in [-0.25, -0.2) is 0 Å². The predicted molar refractivity (Wildman–Crippen MR) is 44.8 cm³/mol. The van der Waals surface area contributed by atoms with Crippen LogP contribution in [0, 0.1) is 10.8 Å². The first-order valence-electron chi connectivity index (χ1n) is 4.09. The molecule has 1 saturated carbocycles. The van der Waals surface area contributed by atoms with Crippen molar-refractivity contribution in [1.82, 2.24) is 0 Å². The third kappa shape index (κ3) is 1.34. The molecule has 1 unspecified atom stereocenters. The summed E-state index contributed by atoms with van der Waals surface area (Å²) in [4.78, 5) is 0. The summed E-state index contributed by atoms with van der Waals surface area (Å²) in [6.07, 6.45) is 2.45. The maximum absolute atomic E-state index is 5.99. The molecule has 1 aliphatic carbocycles. The van der Waals surface area contributed by atoms with Gasteiger partial charge in [0.2, 0.25) is 0 Å². The summed E-state index contributed by atoms with van der Waals surface area (Å²) in [5.41, 5.74) is 6.83. The highest BCUT2D eigenvalue weighted by atomic mass is 14.7. The summed E-state index contributed by atoms with van der Waals surface area (Å²) < 4.78 is 0. The van der Waals surface area contributed by atoms with Crippen LogP contribution in [0.2, 0.25) is 0 Å². The molecule has 0 radical (unpaired) electrons. The molecule has 0 saturated heterocycles. The molecule has 2 N–H and O–H groups in total. The minimum absolute atomic E-state index is 0.365. The quantitative estimate of drug-likeness (QED) is 0.549. The molecule has 1 rings (SSSR count). The number of hydrogen-bond donors (Lipinski definition) is 1. The van der Waals surface area contributed by atoms with E-state index < -0.39 is 0 Å². The second kappa shape index (κ2) is 1.97. The summed E-state index contributed by atoms with van der Waals surface area (Å²) in [5, 5.41) is 0. The topological polar surface area (TPSA) is 26.0 Å². The van der Waals surface area contributed by atoms with Crippen LogP contribution in [0.5, 0.6) is 0 Å². The minimum atomic E-state index is 0.365. The molecule has 1 atom stereocenters. The van der Waals surface area contributed by atoms with Crippen LogP contribution in [-0.2, 0) is 0 Å². The monoisotopic (exact) mass is 141 g/mol. The van der Waals surface area contributed by atoms with Gasteiger partial charge in [0, 0.05) is 6.04 Å². The van der Waals surface area contributed by atoms with Gasteiger partial charge in [-0.3, -0.25) is 0 Å². The molecule has 10 heavy (non-hydrogen) atoms. The Hall–Kier alpha value is -0.0400. The predicted octanol–water partition coefficient (Wildman–Crippen LogP) is 2.16. The maximum Gasteiger partial charge on any atom is 0.00955 e. The second-order valence-corrected chi connectivity index (χ2v) is 5.14. The average molecular weight is 141 g/mol. The van der Waals surface area contributed by atoms with Gasteiger partial charge in [-0.15, -0.1) is 0 Å². The molecule has 60 valence electrons. The fourth-order valence-corrected chi connectivity index (χ4v) is 2.31. The van der Waals surface area contributed by atoms with Gasteiger partial charge in [0.1, 0.15) is 0 Å². The van der Waals surface area contributed by atoms with E-state index in [1.165, 1.54) is 12.8 Å². The molecule has 0 spiro atoms. The van der Waals surface area contributed by atoms with E-state index in [2.05, 4.69) is 27.7 Å². The number of nitrogens with two attached hydrogens (primary N) is 1. The van der Waals surface area contributed by atoms with Gasteiger partial charge in [0.25, 0.3) is 0 Å². The molecule has 0 aliphatic heterocycles. The van der Waals surface area contributed by atoms with Gasteiger partial charge in [-0.05, 0) is 23.7 Å². The summed E-state index contributed by atoms with van der Waals surface area (Å²) in [5.74, 6) is 0. The summed E-state index contributed by atoms with van der Waals surface area (Å²) in [7, 11) is 0. The third-order valence-electron chi connectivity index (χ3n) is 2.71. The first-order valence-corrected chi connectivity index (χ1v) is 4.09. The summed E-state index contributed by atoms with van der Waals surface area (Å²) in [6, 6.07) is 0.405. The lowest BCUT2D eigenvalue weighted by Crippen LogP contribution is -2.31. The summed E-state index contributed by atoms with van der Waals surface area (Å²) >= 11 is 0. The minimum Gasteiger partial charge on any atom is -0.327 e. The lowest BCUT2D eigenvalue weighted by atomic mass is 9.84. The fourth-order valence-electron chi connectivity index (χ4n) is 2.31. The molecule has 1 heteroatoms. The molecule has 1 nitrogen and oxygen atoms in total. The van der Waals surface area contributed by atoms with Crippen molar-refractivity contribution >= 4 is 0 Å². The van der Waals surface area contributed by atoms with Gasteiger partial charge in [-0.2, -0.15) is 0 Å². The van der Waals surface area contributed by atoms with Crippen molar-refractivity contribution in [2.75, 3.05) is 0 Å². The molecule has 0 bridgehead atoms. The fraction of sp³-hybridized carbons (Fsp3) is 1.00. The van der Waals surface area contributed by atoms with Crippen molar-refractivity contribution in [2.45, 2.75) is 46.6 Å². The van der Waals surface area contributed by atoms with Crippen LogP contribution >= 0.6 is 0 Å².